The smallest absolute Gasteiger partial charge is 0.257 e. The van der Waals surface area contributed by atoms with E-state index in [1.807, 2.05) is 32.0 Å². The average molecular weight is 327 g/mol. The molecule has 0 aliphatic carbocycles. The minimum atomic E-state index is -0.303. The van der Waals surface area contributed by atoms with Crippen LogP contribution in [0.1, 0.15) is 31.8 Å². The van der Waals surface area contributed by atoms with Crippen molar-refractivity contribution in [1.29, 1.82) is 0 Å². The molecule has 2 aromatic rings. The summed E-state index contributed by atoms with van der Waals surface area (Å²) in [5, 5.41) is 5.55. The Morgan fingerprint density at radius 3 is 2.54 bits per heavy atom. The number of nitrogens with zero attached hydrogens (tertiary/aromatic N) is 1. The predicted molar refractivity (Wildman–Crippen MR) is 92.3 cm³/mol. The van der Waals surface area contributed by atoms with Crippen molar-refractivity contribution in [3.05, 3.63) is 58.9 Å². The maximum absolute atomic E-state index is 12.4. The lowest BCUT2D eigenvalue weighted by Gasteiger charge is -2.11. The Kier molecular flexibility index (Phi) is 6.03. The standard InChI is InChI=1S/C18H21N3O3/c1-12-5-4-6-16(13(12)2)21-18(23)15-9-14(10-19-11-15)17(22)20-7-8-24-3/h4-6,9-11H,7-8H2,1-3H3,(H,20,22)(H,21,23). The molecule has 2 rings (SSSR count). The highest BCUT2D eigenvalue weighted by Gasteiger charge is 2.12. The van der Waals surface area contributed by atoms with Crippen LogP contribution in [0.3, 0.4) is 0 Å². The molecule has 0 aliphatic rings. The van der Waals surface area contributed by atoms with Gasteiger partial charge in [-0.3, -0.25) is 14.6 Å². The summed E-state index contributed by atoms with van der Waals surface area (Å²) in [6.45, 7) is 4.75. The fourth-order valence-electron chi connectivity index (χ4n) is 2.14. The molecule has 1 aromatic carbocycles. The zero-order valence-corrected chi connectivity index (χ0v) is 14.1. The number of pyridine rings is 1. The molecule has 0 radical (unpaired) electrons. The second-order valence-electron chi connectivity index (χ2n) is 5.41. The van der Waals surface area contributed by atoms with E-state index >= 15 is 0 Å². The summed E-state index contributed by atoms with van der Waals surface area (Å²) in [6, 6.07) is 7.23. The number of aryl methyl sites for hydroxylation is 1. The van der Waals surface area contributed by atoms with Crippen LogP contribution < -0.4 is 10.6 Å². The molecule has 0 spiro atoms. The van der Waals surface area contributed by atoms with Crippen LogP contribution in [0.4, 0.5) is 5.69 Å². The third kappa shape index (κ3) is 4.39. The molecule has 2 amide bonds. The van der Waals surface area contributed by atoms with Crippen molar-refractivity contribution in [2.45, 2.75) is 13.8 Å². The van der Waals surface area contributed by atoms with E-state index in [1.54, 1.807) is 7.11 Å². The van der Waals surface area contributed by atoms with Crippen molar-refractivity contribution in [3.63, 3.8) is 0 Å². The summed E-state index contributed by atoms with van der Waals surface area (Å²) in [7, 11) is 1.56. The molecule has 0 fully saturated rings. The van der Waals surface area contributed by atoms with Crippen molar-refractivity contribution in [1.82, 2.24) is 10.3 Å². The quantitative estimate of drug-likeness (QED) is 0.798. The minimum absolute atomic E-state index is 0.291. The van der Waals surface area contributed by atoms with Gasteiger partial charge in [0, 0.05) is 31.7 Å². The number of ether oxygens (including phenoxy) is 1. The van der Waals surface area contributed by atoms with Gasteiger partial charge in [-0.25, -0.2) is 0 Å². The second-order valence-corrected chi connectivity index (χ2v) is 5.41. The summed E-state index contributed by atoms with van der Waals surface area (Å²) >= 11 is 0. The van der Waals surface area contributed by atoms with E-state index in [2.05, 4.69) is 15.6 Å². The third-order valence-corrected chi connectivity index (χ3v) is 3.71. The van der Waals surface area contributed by atoms with Crippen molar-refractivity contribution in [2.24, 2.45) is 0 Å². The lowest BCUT2D eigenvalue weighted by Crippen LogP contribution is -2.27. The molecule has 1 aromatic heterocycles. The molecule has 0 bridgehead atoms. The number of carbonyl (C=O) groups excluding carboxylic acids is 2. The Hall–Kier alpha value is -2.73. The minimum Gasteiger partial charge on any atom is -0.383 e. The first-order valence-corrected chi connectivity index (χ1v) is 7.62. The number of nitrogens with one attached hydrogen (secondary N) is 2. The lowest BCUT2D eigenvalue weighted by molar-refractivity contribution is 0.0936. The summed E-state index contributed by atoms with van der Waals surface area (Å²) in [6.07, 6.45) is 2.86. The summed E-state index contributed by atoms with van der Waals surface area (Å²) in [5.74, 6) is -0.594. The lowest BCUT2D eigenvalue weighted by atomic mass is 10.1. The highest BCUT2D eigenvalue weighted by atomic mass is 16.5. The molecule has 0 unspecified atom stereocenters. The number of carbonyl (C=O) groups is 2. The van der Waals surface area contributed by atoms with Gasteiger partial charge in [0.2, 0.25) is 0 Å². The van der Waals surface area contributed by atoms with E-state index < -0.39 is 0 Å². The van der Waals surface area contributed by atoms with Crippen molar-refractivity contribution in [3.8, 4) is 0 Å². The van der Waals surface area contributed by atoms with Gasteiger partial charge in [0.25, 0.3) is 11.8 Å². The maximum Gasteiger partial charge on any atom is 0.257 e. The number of hydrogen-bond acceptors (Lipinski definition) is 4. The van der Waals surface area contributed by atoms with E-state index in [4.69, 9.17) is 4.74 Å². The maximum atomic E-state index is 12.4. The van der Waals surface area contributed by atoms with Gasteiger partial charge in [-0.1, -0.05) is 12.1 Å². The molecular formula is C18H21N3O3. The molecular weight excluding hydrogens is 306 g/mol. The molecule has 6 nitrogen and oxygen atoms in total. The average Bonchev–Trinajstić information content (AvgIpc) is 2.59. The normalized spacial score (nSPS) is 10.3. The van der Waals surface area contributed by atoms with Gasteiger partial charge < -0.3 is 15.4 Å². The largest absolute Gasteiger partial charge is 0.383 e. The fourth-order valence-corrected chi connectivity index (χ4v) is 2.14. The van der Waals surface area contributed by atoms with E-state index in [9.17, 15) is 9.59 Å². The van der Waals surface area contributed by atoms with E-state index in [0.29, 0.717) is 24.3 Å². The van der Waals surface area contributed by atoms with Crippen LogP contribution in [0.15, 0.2) is 36.7 Å². The number of anilines is 1. The van der Waals surface area contributed by atoms with Gasteiger partial charge in [0.1, 0.15) is 0 Å². The van der Waals surface area contributed by atoms with Gasteiger partial charge in [0.15, 0.2) is 0 Å². The Morgan fingerprint density at radius 2 is 1.83 bits per heavy atom. The van der Waals surface area contributed by atoms with Crippen LogP contribution in [0.5, 0.6) is 0 Å². The van der Waals surface area contributed by atoms with Crippen molar-refractivity contribution in [2.75, 3.05) is 25.6 Å². The molecule has 0 aliphatic heterocycles. The Labute approximate surface area is 141 Å². The first-order chi connectivity index (χ1) is 11.5. The van der Waals surface area contributed by atoms with Gasteiger partial charge >= 0.3 is 0 Å². The zero-order chi connectivity index (χ0) is 17.5. The predicted octanol–water partition coefficient (Wildman–Crippen LogP) is 2.33. The Morgan fingerprint density at radius 1 is 1.12 bits per heavy atom. The van der Waals surface area contributed by atoms with Gasteiger partial charge in [0.05, 0.1) is 17.7 Å². The summed E-state index contributed by atoms with van der Waals surface area (Å²) in [4.78, 5) is 28.4. The first-order valence-electron chi connectivity index (χ1n) is 7.62. The van der Waals surface area contributed by atoms with Crippen LogP contribution in [0, 0.1) is 13.8 Å². The van der Waals surface area contributed by atoms with Crippen LogP contribution in [0.2, 0.25) is 0 Å². The second kappa shape index (κ2) is 8.21. The van der Waals surface area contributed by atoms with E-state index in [-0.39, 0.29) is 11.8 Å². The topological polar surface area (TPSA) is 80.3 Å². The Balaban J connectivity index is 2.11. The molecule has 126 valence electrons. The highest BCUT2D eigenvalue weighted by Crippen LogP contribution is 2.18. The molecule has 1 heterocycles. The SMILES string of the molecule is COCCNC(=O)c1cncc(C(=O)Nc2cccc(C)c2C)c1. The molecule has 0 saturated carbocycles. The van der Waals surface area contributed by atoms with Crippen LogP contribution in [0.25, 0.3) is 0 Å². The Bertz CT molecular complexity index is 744. The van der Waals surface area contributed by atoms with Crippen LogP contribution >= 0.6 is 0 Å². The number of amides is 2. The molecule has 2 N–H and O–H groups in total. The van der Waals surface area contributed by atoms with Crippen molar-refractivity contribution >= 4 is 17.5 Å². The molecule has 24 heavy (non-hydrogen) atoms. The van der Waals surface area contributed by atoms with Gasteiger partial charge in [-0.2, -0.15) is 0 Å². The van der Waals surface area contributed by atoms with Crippen LogP contribution in [-0.2, 0) is 4.74 Å². The molecule has 6 heteroatoms. The number of rotatable bonds is 6. The molecule has 0 saturated heterocycles. The number of hydrogen-bond donors (Lipinski definition) is 2. The van der Waals surface area contributed by atoms with Crippen molar-refractivity contribution < 1.29 is 14.3 Å². The highest BCUT2D eigenvalue weighted by molar-refractivity contribution is 6.06. The van der Waals surface area contributed by atoms with Gasteiger partial charge in [-0.05, 0) is 37.1 Å². The van der Waals surface area contributed by atoms with E-state index in [0.717, 1.165) is 16.8 Å². The number of benzene rings is 1. The first kappa shape index (κ1) is 17.6. The monoisotopic (exact) mass is 327 g/mol. The summed E-state index contributed by atoms with van der Waals surface area (Å²) < 4.78 is 4.88. The summed E-state index contributed by atoms with van der Waals surface area (Å²) in [5.41, 5.74) is 3.51. The third-order valence-electron chi connectivity index (χ3n) is 3.71. The van der Waals surface area contributed by atoms with Gasteiger partial charge in [-0.15, -0.1) is 0 Å². The fraction of sp³-hybridized carbons (Fsp3) is 0.278. The molecule has 0 atom stereocenters. The van der Waals surface area contributed by atoms with Crippen LogP contribution in [-0.4, -0.2) is 37.1 Å². The number of aromatic nitrogens is 1. The number of methoxy groups -OCH3 is 1. The van der Waals surface area contributed by atoms with E-state index in [1.165, 1.54) is 18.5 Å². The zero-order valence-electron chi connectivity index (χ0n) is 14.1.